The molecule has 3 heteroatoms. The largest absolute Gasteiger partial charge is 0.388 e. The van der Waals surface area contributed by atoms with Gasteiger partial charge in [-0.15, -0.1) is 0 Å². The molecule has 1 aromatic carbocycles. The van der Waals surface area contributed by atoms with Crippen LogP contribution >= 0.6 is 0 Å². The Morgan fingerprint density at radius 2 is 1.59 bits per heavy atom. The van der Waals surface area contributed by atoms with Crippen molar-refractivity contribution >= 4 is 0 Å². The maximum Gasteiger partial charge on any atom is 0.263 e. The number of alkyl halides is 2. The summed E-state index contributed by atoms with van der Waals surface area (Å²) in [4.78, 5) is 0. The van der Waals surface area contributed by atoms with Crippen LogP contribution in [0.4, 0.5) is 8.78 Å². The Labute approximate surface area is 100 Å². The highest BCUT2D eigenvalue weighted by Crippen LogP contribution is 2.33. The molecule has 1 unspecified atom stereocenters. The van der Waals surface area contributed by atoms with Crippen LogP contribution in [-0.4, -0.2) is 5.11 Å². The van der Waals surface area contributed by atoms with Gasteiger partial charge in [0.25, 0.3) is 6.43 Å². The van der Waals surface area contributed by atoms with E-state index < -0.39 is 12.5 Å². The molecule has 1 atom stereocenters. The van der Waals surface area contributed by atoms with Crippen LogP contribution in [0.3, 0.4) is 0 Å². The first-order valence-electron chi connectivity index (χ1n) is 6.23. The highest BCUT2D eigenvalue weighted by Gasteiger charge is 2.20. The van der Waals surface area contributed by atoms with E-state index in [4.69, 9.17) is 0 Å². The Balaban J connectivity index is 1.96. The van der Waals surface area contributed by atoms with Crippen molar-refractivity contribution in [3.63, 3.8) is 0 Å². The number of benzene rings is 1. The van der Waals surface area contributed by atoms with Gasteiger partial charge in [-0.2, -0.15) is 0 Å². The van der Waals surface area contributed by atoms with Gasteiger partial charge in [-0.1, -0.05) is 49.9 Å². The fraction of sp³-hybridized carbons (Fsp3) is 0.571. The third-order valence-corrected chi connectivity index (χ3v) is 3.60. The van der Waals surface area contributed by atoms with Crippen molar-refractivity contribution < 1.29 is 13.9 Å². The molecule has 0 saturated heterocycles. The number of rotatable bonds is 4. The molecule has 1 fully saturated rings. The lowest BCUT2D eigenvalue weighted by Gasteiger charge is -2.16. The fourth-order valence-corrected chi connectivity index (χ4v) is 2.56. The molecule has 1 aliphatic carbocycles. The SMILES string of the molecule is OC(CC1CCCC1)c1ccc(C(F)F)cc1. The molecule has 0 radical (unpaired) electrons. The predicted octanol–water partition coefficient (Wildman–Crippen LogP) is 4.24. The van der Waals surface area contributed by atoms with Crippen molar-refractivity contribution in [1.29, 1.82) is 0 Å². The highest BCUT2D eigenvalue weighted by atomic mass is 19.3. The zero-order valence-electron chi connectivity index (χ0n) is 9.78. The summed E-state index contributed by atoms with van der Waals surface area (Å²) in [6, 6.07) is 6.03. The third-order valence-electron chi connectivity index (χ3n) is 3.60. The molecule has 2 rings (SSSR count). The molecule has 0 spiro atoms. The highest BCUT2D eigenvalue weighted by molar-refractivity contribution is 5.24. The van der Waals surface area contributed by atoms with Crippen molar-refractivity contribution in [3.05, 3.63) is 35.4 Å². The van der Waals surface area contributed by atoms with Crippen LogP contribution in [0.5, 0.6) is 0 Å². The van der Waals surface area contributed by atoms with Gasteiger partial charge in [0.1, 0.15) is 0 Å². The van der Waals surface area contributed by atoms with E-state index in [1.807, 2.05) is 0 Å². The minimum atomic E-state index is -2.43. The summed E-state index contributed by atoms with van der Waals surface area (Å²) in [6.45, 7) is 0. The first-order valence-corrected chi connectivity index (χ1v) is 6.23. The number of halogens is 2. The predicted molar refractivity (Wildman–Crippen MR) is 62.9 cm³/mol. The Hall–Kier alpha value is -0.960. The summed E-state index contributed by atoms with van der Waals surface area (Å²) in [5.41, 5.74) is 0.767. The minimum Gasteiger partial charge on any atom is -0.388 e. The summed E-state index contributed by atoms with van der Waals surface area (Å²) >= 11 is 0. The molecular weight excluding hydrogens is 222 g/mol. The topological polar surface area (TPSA) is 20.2 Å². The van der Waals surface area contributed by atoms with E-state index in [1.54, 1.807) is 12.1 Å². The van der Waals surface area contributed by atoms with Crippen molar-refractivity contribution in [1.82, 2.24) is 0 Å². The van der Waals surface area contributed by atoms with Crippen LogP contribution in [-0.2, 0) is 0 Å². The monoisotopic (exact) mass is 240 g/mol. The van der Waals surface area contributed by atoms with Crippen LogP contribution in [0.2, 0.25) is 0 Å². The van der Waals surface area contributed by atoms with Crippen LogP contribution in [0.1, 0.15) is 55.8 Å². The lowest BCUT2D eigenvalue weighted by molar-refractivity contribution is 0.143. The van der Waals surface area contributed by atoms with Gasteiger partial charge >= 0.3 is 0 Å². The van der Waals surface area contributed by atoms with Crippen molar-refractivity contribution in [2.24, 2.45) is 5.92 Å². The van der Waals surface area contributed by atoms with Crippen LogP contribution in [0, 0.1) is 5.92 Å². The molecule has 1 N–H and O–H groups in total. The van der Waals surface area contributed by atoms with E-state index in [-0.39, 0.29) is 5.56 Å². The molecule has 0 aromatic heterocycles. The van der Waals surface area contributed by atoms with Gasteiger partial charge in [-0.05, 0) is 17.9 Å². The van der Waals surface area contributed by atoms with Gasteiger partial charge < -0.3 is 5.11 Å². The standard InChI is InChI=1S/C14H18F2O/c15-14(16)12-7-5-11(6-8-12)13(17)9-10-3-1-2-4-10/h5-8,10,13-14,17H,1-4,9H2. The van der Waals surface area contributed by atoms with Crippen molar-refractivity contribution in [2.45, 2.75) is 44.6 Å². The molecule has 1 aliphatic rings. The Morgan fingerprint density at radius 3 is 2.12 bits per heavy atom. The van der Waals surface area contributed by atoms with E-state index in [0.29, 0.717) is 5.92 Å². The van der Waals surface area contributed by atoms with Gasteiger partial charge in [0, 0.05) is 5.56 Å². The van der Waals surface area contributed by atoms with E-state index >= 15 is 0 Å². The fourth-order valence-electron chi connectivity index (χ4n) is 2.56. The number of aliphatic hydroxyl groups is 1. The smallest absolute Gasteiger partial charge is 0.263 e. The maximum atomic E-state index is 12.4. The molecule has 17 heavy (non-hydrogen) atoms. The van der Waals surface area contributed by atoms with E-state index in [0.717, 1.165) is 12.0 Å². The van der Waals surface area contributed by atoms with Crippen LogP contribution < -0.4 is 0 Å². The minimum absolute atomic E-state index is 0.0156. The first kappa shape index (κ1) is 12.5. The second-order valence-corrected chi connectivity index (χ2v) is 4.87. The van der Waals surface area contributed by atoms with Gasteiger partial charge in [-0.25, -0.2) is 8.78 Å². The van der Waals surface area contributed by atoms with Crippen LogP contribution in [0.25, 0.3) is 0 Å². The van der Waals surface area contributed by atoms with Crippen molar-refractivity contribution in [2.75, 3.05) is 0 Å². The Bertz CT molecular complexity index is 342. The lowest BCUT2D eigenvalue weighted by atomic mass is 9.95. The summed E-state index contributed by atoms with van der Waals surface area (Å²) in [5, 5.41) is 10.0. The molecule has 0 heterocycles. The van der Waals surface area contributed by atoms with Gasteiger partial charge in [0.15, 0.2) is 0 Å². The van der Waals surface area contributed by atoms with E-state index in [1.165, 1.54) is 37.8 Å². The molecule has 1 nitrogen and oxygen atoms in total. The zero-order chi connectivity index (χ0) is 12.3. The number of hydrogen-bond acceptors (Lipinski definition) is 1. The molecule has 1 aromatic rings. The molecule has 0 bridgehead atoms. The molecule has 0 aliphatic heterocycles. The number of aliphatic hydroxyl groups excluding tert-OH is 1. The Morgan fingerprint density at radius 1 is 1.06 bits per heavy atom. The molecule has 1 saturated carbocycles. The summed E-state index contributed by atoms with van der Waals surface area (Å²) in [6.07, 6.45) is 2.69. The van der Waals surface area contributed by atoms with Gasteiger partial charge in [-0.3, -0.25) is 0 Å². The van der Waals surface area contributed by atoms with E-state index in [2.05, 4.69) is 0 Å². The summed E-state index contributed by atoms with van der Waals surface area (Å²) < 4.78 is 24.7. The summed E-state index contributed by atoms with van der Waals surface area (Å²) in [7, 11) is 0. The quantitative estimate of drug-likeness (QED) is 0.834. The second kappa shape index (κ2) is 5.58. The normalized spacial score (nSPS) is 18.8. The lowest BCUT2D eigenvalue weighted by Crippen LogP contribution is -2.04. The average molecular weight is 240 g/mol. The van der Waals surface area contributed by atoms with Crippen molar-refractivity contribution in [3.8, 4) is 0 Å². The summed E-state index contributed by atoms with van der Waals surface area (Å²) in [5.74, 6) is 0.597. The Kier molecular flexibility index (Phi) is 4.11. The second-order valence-electron chi connectivity index (χ2n) is 4.87. The van der Waals surface area contributed by atoms with E-state index in [9.17, 15) is 13.9 Å². The van der Waals surface area contributed by atoms with Gasteiger partial charge in [0.05, 0.1) is 6.10 Å². The molecule has 94 valence electrons. The van der Waals surface area contributed by atoms with Gasteiger partial charge in [0.2, 0.25) is 0 Å². The zero-order valence-corrected chi connectivity index (χ0v) is 9.78. The average Bonchev–Trinajstić information content (AvgIpc) is 2.82. The third kappa shape index (κ3) is 3.25. The molecular formula is C14H18F2O. The first-order chi connectivity index (χ1) is 8.16. The van der Waals surface area contributed by atoms with Crippen LogP contribution in [0.15, 0.2) is 24.3 Å². The maximum absolute atomic E-state index is 12.4. The molecule has 0 amide bonds. The number of hydrogen-bond donors (Lipinski definition) is 1.